The Morgan fingerprint density at radius 3 is 2.55 bits per heavy atom. The molecular formula is C16H24N4O2. The fourth-order valence-electron chi connectivity index (χ4n) is 3.61. The monoisotopic (exact) mass is 304 g/mol. The highest BCUT2D eigenvalue weighted by Gasteiger charge is 2.27. The van der Waals surface area contributed by atoms with E-state index in [-0.39, 0.29) is 5.91 Å². The van der Waals surface area contributed by atoms with Crippen molar-refractivity contribution in [1.82, 2.24) is 14.8 Å². The highest BCUT2D eigenvalue weighted by Crippen LogP contribution is 2.24. The van der Waals surface area contributed by atoms with E-state index in [9.17, 15) is 9.59 Å². The number of primary amides is 1. The van der Waals surface area contributed by atoms with Crippen LogP contribution in [0.5, 0.6) is 0 Å². The number of aromatic nitrogens is 1. The van der Waals surface area contributed by atoms with Gasteiger partial charge in [0.05, 0.1) is 5.56 Å². The molecule has 22 heavy (non-hydrogen) atoms. The second-order valence-corrected chi connectivity index (χ2v) is 6.29. The molecule has 1 aromatic rings. The van der Waals surface area contributed by atoms with Gasteiger partial charge >= 0.3 is 0 Å². The van der Waals surface area contributed by atoms with Crippen molar-refractivity contribution in [2.45, 2.75) is 38.1 Å². The molecule has 3 N–H and O–H groups in total. The van der Waals surface area contributed by atoms with Crippen molar-refractivity contribution in [3.8, 4) is 0 Å². The van der Waals surface area contributed by atoms with Crippen molar-refractivity contribution in [2.24, 2.45) is 5.73 Å². The first-order valence-corrected chi connectivity index (χ1v) is 8.16. The molecule has 2 aliphatic rings. The average molecular weight is 304 g/mol. The lowest BCUT2D eigenvalue weighted by molar-refractivity contribution is 0.0753. The number of rotatable bonds is 3. The largest absolute Gasteiger partial charge is 0.366 e. The molecule has 3 rings (SSSR count). The molecule has 1 aromatic heterocycles. The van der Waals surface area contributed by atoms with Gasteiger partial charge in [-0.3, -0.25) is 14.5 Å². The van der Waals surface area contributed by atoms with E-state index in [2.05, 4.69) is 9.88 Å². The van der Waals surface area contributed by atoms with E-state index in [1.54, 1.807) is 6.07 Å². The third kappa shape index (κ3) is 3.16. The molecular weight excluding hydrogens is 280 g/mol. The van der Waals surface area contributed by atoms with Crippen molar-refractivity contribution in [2.75, 3.05) is 26.2 Å². The lowest BCUT2D eigenvalue weighted by atomic mass is 10.2. The highest BCUT2D eigenvalue weighted by molar-refractivity contribution is 5.98. The van der Waals surface area contributed by atoms with Gasteiger partial charge in [0.1, 0.15) is 5.69 Å². The summed E-state index contributed by atoms with van der Waals surface area (Å²) >= 11 is 0. The fraction of sp³-hybridized carbons (Fsp3) is 0.625. The molecule has 1 aliphatic carbocycles. The van der Waals surface area contributed by atoms with E-state index in [1.807, 2.05) is 4.90 Å². The third-order valence-electron chi connectivity index (χ3n) is 4.86. The summed E-state index contributed by atoms with van der Waals surface area (Å²) in [7, 11) is 0. The van der Waals surface area contributed by atoms with Crippen LogP contribution in [0.4, 0.5) is 0 Å². The number of nitrogens with one attached hydrogen (secondary N) is 1. The molecule has 0 spiro atoms. The first kappa shape index (κ1) is 15.1. The van der Waals surface area contributed by atoms with Gasteiger partial charge in [-0.2, -0.15) is 0 Å². The molecule has 1 aliphatic heterocycles. The summed E-state index contributed by atoms with van der Waals surface area (Å²) in [6.07, 6.45) is 7.77. The number of hydrogen-bond donors (Lipinski definition) is 2. The lowest BCUT2D eigenvalue weighted by Gasteiger charge is -2.27. The second kappa shape index (κ2) is 6.52. The minimum Gasteiger partial charge on any atom is -0.366 e. The molecule has 2 fully saturated rings. The minimum absolute atomic E-state index is 0.0410. The Kier molecular flexibility index (Phi) is 4.47. The summed E-state index contributed by atoms with van der Waals surface area (Å²) in [5.41, 5.74) is 6.03. The maximum atomic E-state index is 12.5. The van der Waals surface area contributed by atoms with Gasteiger partial charge in [0.25, 0.3) is 5.91 Å². The number of carbonyl (C=O) groups excluding carboxylic acids is 2. The van der Waals surface area contributed by atoms with Crippen molar-refractivity contribution in [3.63, 3.8) is 0 Å². The molecule has 0 aromatic carbocycles. The number of hydrogen-bond acceptors (Lipinski definition) is 3. The standard InChI is InChI=1S/C16H24N4O2/c17-15(21)12-10-14(18-11-12)16(22)20-7-3-6-19(8-9-20)13-4-1-2-5-13/h10-11,13,18H,1-9H2,(H2,17,21). The molecule has 0 radical (unpaired) electrons. The summed E-state index contributed by atoms with van der Waals surface area (Å²) in [4.78, 5) is 31.0. The van der Waals surface area contributed by atoms with Gasteiger partial charge in [-0.1, -0.05) is 12.8 Å². The molecule has 6 heteroatoms. The molecule has 1 saturated carbocycles. The average Bonchev–Trinajstić information content (AvgIpc) is 3.14. The third-order valence-corrected chi connectivity index (χ3v) is 4.86. The zero-order valence-corrected chi connectivity index (χ0v) is 12.9. The molecule has 2 amide bonds. The Morgan fingerprint density at radius 1 is 1.09 bits per heavy atom. The van der Waals surface area contributed by atoms with Crippen molar-refractivity contribution in [1.29, 1.82) is 0 Å². The van der Waals surface area contributed by atoms with Crippen LogP contribution in [0, 0.1) is 0 Å². The van der Waals surface area contributed by atoms with Crippen LogP contribution in [0.2, 0.25) is 0 Å². The Hall–Kier alpha value is -1.82. The lowest BCUT2D eigenvalue weighted by Crippen LogP contribution is -2.38. The van der Waals surface area contributed by atoms with Gasteiger partial charge in [0.2, 0.25) is 5.91 Å². The van der Waals surface area contributed by atoms with E-state index >= 15 is 0 Å². The first-order valence-electron chi connectivity index (χ1n) is 8.16. The van der Waals surface area contributed by atoms with E-state index in [4.69, 9.17) is 5.73 Å². The SMILES string of the molecule is NC(=O)c1c[nH]c(C(=O)N2CCCN(C3CCCC3)CC2)c1. The Bertz CT molecular complexity index is 548. The van der Waals surface area contributed by atoms with Gasteiger partial charge in [0, 0.05) is 38.4 Å². The number of H-pyrrole nitrogens is 1. The molecule has 120 valence electrons. The second-order valence-electron chi connectivity index (χ2n) is 6.29. The predicted molar refractivity (Wildman–Crippen MR) is 83.7 cm³/mol. The van der Waals surface area contributed by atoms with Crippen LogP contribution < -0.4 is 5.73 Å². The maximum absolute atomic E-state index is 12.5. The summed E-state index contributed by atoms with van der Waals surface area (Å²) in [5.74, 6) is -0.556. The van der Waals surface area contributed by atoms with Gasteiger partial charge in [-0.25, -0.2) is 0 Å². The van der Waals surface area contributed by atoms with Crippen molar-refractivity contribution in [3.05, 3.63) is 23.5 Å². The van der Waals surface area contributed by atoms with E-state index in [0.29, 0.717) is 17.3 Å². The Labute approximate surface area is 130 Å². The normalized spacial score (nSPS) is 21.0. The Balaban J connectivity index is 1.62. The smallest absolute Gasteiger partial charge is 0.270 e. The molecule has 0 atom stereocenters. The molecule has 1 saturated heterocycles. The first-order chi connectivity index (χ1) is 10.6. The molecule has 0 bridgehead atoms. The summed E-state index contributed by atoms with van der Waals surface area (Å²) in [6, 6.07) is 2.26. The van der Waals surface area contributed by atoms with Crippen LogP contribution in [-0.4, -0.2) is 58.8 Å². The fourth-order valence-corrected chi connectivity index (χ4v) is 3.61. The molecule has 6 nitrogen and oxygen atoms in total. The van der Waals surface area contributed by atoms with Gasteiger partial charge < -0.3 is 15.6 Å². The minimum atomic E-state index is -0.515. The van der Waals surface area contributed by atoms with Crippen LogP contribution in [-0.2, 0) is 0 Å². The van der Waals surface area contributed by atoms with Gasteiger partial charge in [0.15, 0.2) is 0 Å². The van der Waals surface area contributed by atoms with Crippen molar-refractivity contribution >= 4 is 11.8 Å². The van der Waals surface area contributed by atoms with E-state index < -0.39 is 5.91 Å². The quantitative estimate of drug-likeness (QED) is 0.880. The predicted octanol–water partition coefficient (Wildman–Crippen LogP) is 1.20. The summed E-state index contributed by atoms with van der Waals surface area (Å²) in [5, 5.41) is 0. The maximum Gasteiger partial charge on any atom is 0.270 e. The highest BCUT2D eigenvalue weighted by atomic mass is 16.2. The van der Waals surface area contributed by atoms with Crippen LogP contribution in [0.15, 0.2) is 12.3 Å². The number of nitrogens with two attached hydrogens (primary N) is 1. The number of carbonyl (C=O) groups is 2. The van der Waals surface area contributed by atoms with Crippen LogP contribution in [0.3, 0.4) is 0 Å². The topological polar surface area (TPSA) is 82.4 Å². The van der Waals surface area contributed by atoms with Gasteiger partial charge in [-0.05, 0) is 25.3 Å². The number of aromatic amines is 1. The molecule has 2 heterocycles. The zero-order valence-electron chi connectivity index (χ0n) is 12.9. The van der Waals surface area contributed by atoms with E-state index in [1.165, 1.54) is 31.9 Å². The van der Waals surface area contributed by atoms with Crippen molar-refractivity contribution < 1.29 is 9.59 Å². The summed E-state index contributed by atoms with van der Waals surface area (Å²) < 4.78 is 0. The number of nitrogens with zero attached hydrogens (tertiary/aromatic N) is 2. The van der Waals surface area contributed by atoms with Crippen LogP contribution in [0.1, 0.15) is 53.0 Å². The number of amides is 2. The van der Waals surface area contributed by atoms with E-state index in [0.717, 1.165) is 32.6 Å². The zero-order chi connectivity index (χ0) is 15.5. The van der Waals surface area contributed by atoms with Crippen LogP contribution >= 0.6 is 0 Å². The Morgan fingerprint density at radius 2 is 1.86 bits per heavy atom. The summed E-state index contributed by atoms with van der Waals surface area (Å²) in [6.45, 7) is 3.54. The molecule has 0 unspecified atom stereocenters. The van der Waals surface area contributed by atoms with Crippen LogP contribution in [0.25, 0.3) is 0 Å². The van der Waals surface area contributed by atoms with Gasteiger partial charge in [-0.15, -0.1) is 0 Å².